The Morgan fingerprint density at radius 3 is 2.67 bits per heavy atom. The zero-order chi connectivity index (χ0) is 25.2. The van der Waals surface area contributed by atoms with E-state index < -0.39 is 0 Å². The van der Waals surface area contributed by atoms with Gasteiger partial charge in [0.25, 0.3) is 0 Å². The molecule has 6 rings (SSSR count). The van der Waals surface area contributed by atoms with Crippen LogP contribution in [-0.2, 0) is 27.8 Å². The summed E-state index contributed by atoms with van der Waals surface area (Å²) >= 11 is 0. The molecular formula is C31H37NO4. The molecule has 5 atom stereocenters. The summed E-state index contributed by atoms with van der Waals surface area (Å²) in [5, 5.41) is 0. The zero-order valence-corrected chi connectivity index (χ0v) is 22.0. The molecule has 0 radical (unpaired) electrons. The fourth-order valence-corrected chi connectivity index (χ4v) is 7.32. The molecule has 2 aromatic carbocycles. The van der Waals surface area contributed by atoms with Crippen molar-refractivity contribution in [1.82, 2.24) is 4.90 Å². The van der Waals surface area contributed by atoms with E-state index in [0.717, 1.165) is 49.3 Å². The van der Waals surface area contributed by atoms with Gasteiger partial charge in [0.15, 0.2) is 17.6 Å². The first-order valence-electron chi connectivity index (χ1n) is 13.4. The largest absolute Gasteiger partial charge is 0.493 e. The molecule has 0 amide bonds. The summed E-state index contributed by atoms with van der Waals surface area (Å²) in [5.74, 6) is 2.77. The number of esters is 1. The smallest absolute Gasteiger partial charge is 0.318 e. The first-order valence-corrected chi connectivity index (χ1v) is 13.4. The van der Waals surface area contributed by atoms with Crippen LogP contribution in [0.3, 0.4) is 0 Å². The van der Waals surface area contributed by atoms with E-state index in [-0.39, 0.29) is 23.4 Å². The fraction of sp³-hybridized carbons (Fsp3) is 0.516. The fourth-order valence-electron chi connectivity index (χ4n) is 7.32. The summed E-state index contributed by atoms with van der Waals surface area (Å²) in [6.07, 6.45) is 5.78. The molecule has 1 fully saturated rings. The molecule has 2 heterocycles. The van der Waals surface area contributed by atoms with E-state index >= 15 is 0 Å². The van der Waals surface area contributed by atoms with Gasteiger partial charge in [0, 0.05) is 17.0 Å². The number of benzene rings is 2. The Bertz CT molecular complexity index is 1220. The topological polar surface area (TPSA) is 48.0 Å². The third-order valence-corrected chi connectivity index (χ3v) is 9.12. The number of carbonyl (C=O) groups excluding carboxylic acids is 1. The first-order chi connectivity index (χ1) is 17.3. The van der Waals surface area contributed by atoms with Crippen LogP contribution in [0.1, 0.15) is 61.8 Å². The van der Waals surface area contributed by atoms with Crippen molar-refractivity contribution >= 4 is 5.97 Å². The Balaban J connectivity index is 1.30. The van der Waals surface area contributed by atoms with Gasteiger partial charge in [-0.15, -0.1) is 0 Å². The quantitative estimate of drug-likeness (QED) is 0.511. The van der Waals surface area contributed by atoms with Gasteiger partial charge in [-0.05, 0) is 86.9 Å². The summed E-state index contributed by atoms with van der Waals surface area (Å²) in [4.78, 5) is 15.9. The molecule has 0 N–H and O–H groups in total. The Labute approximate surface area is 214 Å². The van der Waals surface area contributed by atoms with E-state index in [2.05, 4.69) is 62.2 Å². The van der Waals surface area contributed by atoms with Crippen molar-refractivity contribution in [3.05, 3.63) is 70.5 Å². The number of rotatable bonds is 6. The Kier molecular flexibility index (Phi) is 5.67. The van der Waals surface area contributed by atoms with E-state index in [9.17, 15) is 4.79 Å². The SMILES string of the molecule is COc1ccc2c3c1OC1C(OC(=O)C(C)c4ccc(CC(C)C)cc4)=CCC4C(C2)N(C)CCC314. The Morgan fingerprint density at radius 2 is 1.94 bits per heavy atom. The number of hydrogen-bond donors (Lipinski definition) is 0. The van der Waals surface area contributed by atoms with Gasteiger partial charge in [0.05, 0.1) is 13.0 Å². The Morgan fingerprint density at radius 1 is 1.17 bits per heavy atom. The number of hydrogen-bond acceptors (Lipinski definition) is 5. The highest BCUT2D eigenvalue weighted by molar-refractivity contribution is 5.79. The maximum Gasteiger partial charge on any atom is 0.318 e. The van der Waals surface area contributed by atoms with Gasteiger partial charge < -0.3 is 19.1 Å². The van der Waals surface area contributed by atoms with E-state index in [1.807, 2.05) is 13.0 Å². The van der Waals surface area contributed by atoms with Crippen molar-refractivity contribution in [2.75, 3.05) is 20.7 Å². The molecule has 2 aliphatic heterocycles. The molecule has 5 nitrogen and oxygen atoms in total. The molecule has 5 heteroatoms. The van der Waals surface area contributed by atoms with Crippen LogP contribution >= 0.6 is 0 Å². The molecule has 0 saturated carbocycles. The molecule has 0 aromatic heterocycles. The highest BCUT2D eigenvalue weighted by Gasteiger charge is 2.64. The van der Waals surface area contributed by atoms with Crippen molar-refractivity contribution < 1.29 is 19.0 Å². The number of likely N-dealkylation sites (N-methyl/N-ethyl adjacent to an activating group) is 1. The number of piperidine rings is 1. The van der Waals surface area contributed by atoms with Gasteiger partial charge in [-0.1, -0.05) is 44.2 Å². The van der Waals surface area contributed by atoms with Crippen molar-refractivity contribution in [2.45, 2.75) is 69.9 Å². The van der Waals surface area contributed by atoms with Crippen LogP contribution in [0.2, 0.25) is 0 Å². The maximum absolute atomic E-state index is 13.4. The standard InChI is InChI=1S/C31H37NO4/c1-18(2)16-20-6-8-21(9-7-20)19(3)30(33)35-26-13-11-23-24-17-22-10-12-25(34-5)28-27(22)31(23,29(26)36-28)14-15-32(24)4/h6-10,12-13,18-19,23-24,29H,11,14-17H2,1-5H3. The number of methoxy groups -OCH3 is 1. The number of carbonyl (C=O) groups is 1. The maximum atomic E-state index is 13.4. The lowest BCUT2D eigenvalue weighted by molar-refractivity contribution is -0.144. The molecule has 4 aliphatic rings. The molecular weight excluding hydrogens is 450 g/mol. The van der Waals surface area contributed by atoms with Gasteiger partial charge in [-0.3, -0.25) is 4.79 Å². The van der Waals surface area contributed by atoms with E-state index in [1.165, 1.54) is 16.7 Å². The summed E-state index contributed by atoms with van der Waals surface area (Å²) in [6, 6.07) is 13.1. The van der Waals surface area contributed by atoms with E-state index in [1.54, 1.807) is 7.11 Å². The van der Waals surface area contributed by atoms with E-state index in [0.29, 0.717) is 23.6 Å². The molecule has 5 unspecified atom stereocenters. The molecule has 36 heavy (non-hydrogen) atoms. The second kappa shape index (κ2) is 8.65. The number of likely N-dealkylation sites (tertiary alicyclic amines) is 1. The minimum absolute atomic E-state index is 0.166. The molecule has 2 aromatic rings. The van der Waals surface area contributed by atoms with Crippen molar-refractivity contribution in [2.24, 2.45) is 11.8 Å². The van der Waals surface area contributed by atoms with Crippen LogP contribution in [0.4, 0.5) is 0 Å². The van der Waals surface area contributed by atoms with Crippen LogP contribution in [0.25, 0.3) is 0 Å². The summed E-state index contributed by atoms with van der Waals surface area (Å²) < 4.78 is 18.6. The zero-order valence-electron chi connectivity index (χ0n) is 22.0. The lowest BCUT2D eigenvalue weighted by Crippen LogP contribution is -2.63. The van der Waals surface area contributed by atoms with Crippen molar-refractivity contribution in [1.29, 1.82) is 0 Å². The van der Waals surface area contributed by atoms with Gasteiger partial charge in [-0.25, -0.2) is 0 Å². The average Bonchev–Trinajstić information content (AvgIpc) is 3.22. The van der Waals surface area contributed by atoms with Gasteiger partial charge in [0.1, 0.15) is 5.76 Å². The molecule has 190 valence electrons. The van der Waals surface area contributed by atoms with Crippen molar-refractivity contribution in [3.8, 4) is 11.5 Å². The lowest BCUT2D eigenvalue weighted by Gasteiger charge is -2.56. The van der Waals surface area contributed by atoms with Gasteiger partial charge in [-0.2, -0.15) is 0 Å². The third-order valence-electron chi connectivity index (χ3n) is 9.12. The van der Waals surface area contributed by atoms with Crippen LogP contribution in [-0.4, -0.2) is 43.7 Å². The minimum Gasteiger partial charge on any atom is -0.493 e. The van der Waals surface area contributed by atoms with E-state index in [4.69, 9.17) is 14.2 Å². The molecule has 2 bridgehead atoms. The van der Waals surface area contributed by atoms with Crippen molar-refractivity contribution in [3.63, 3.8) is 0 Å². The monoisotopic (exact) mass is 487 g/mol. The summed E-state index contributed by atoms with van der Waals surface area (Å²) in [6.45, 7) is 7.38. The predicted molar refractivity (Wildman–Crippen MR) is 140 cm³/mol. The van der Waals surface area contributed by atoms with Crippen LogP contribution in [0, 0.1) is 11.8 Å². The third kappa shape index (κ3) is 3.42. The lowest BCUT2D eigenvalue weighted by atomic mass is 9.53. The Hall–Kier alpha value is -2.79. The number of ether oxygens (including phenoxy) is 3. The molecule has 2 aliphatic carbocycles. The number of nitrogens with zero attached hydrogens (tertiary/aromatic N) is 1. The highest BCUT2D eigenvalue weighted by atomic mass is 16.6. The summed E-state index contributed by atoms with van der Waals surface area (Å²) in [7, 11) is 3.94. The normalized spacial score (nSPS) is 28.7. The highest BCUT2D eigenvalue weighted by Crippen LogP contribution is 2.63. The molecule has 1 spiro atoms. The van der Waals surface area contributed by atoms with Crippen LogP contribution in [0.5, 0.6) is 11.5 Å². The first kappa shape index (κ1) is 23.6. The van der Waals surface area contributed by atoms with Gasteiger partial charge in [0.2, 0.25) is 0 Å². The minimum atomic E-state index is -0.348. The van der Waals surface area contributed by atoms with Crippen LogP contribution < -0.4 is 9.47 Å². The molecule has 1 saturated heterocycles. The van der Waals surface area contributed by atoms with Gasteiger partial charge >= 0.3 is 5.97 Å². The second-order valence-electron chi connectivity index (χ2n) is 11.6. The van der Waals surface area contributed by atoms with Crippen LogP contribution in [0.15, 0.2) is 48.2 Å². The predicted octanol–water partition coefficient (Wildman–Crippen LogP) is 5.40. The summed E-state index contributed by atoms with van der Waals surface area (Å²) in [5.41, 5.74) is 4.77. The average molecular weight is 488 g/mol. The second-order valence-corrected chi connectivity index (χ2v) is 11.6. The number of allylic oxidation sites excluding steroid dienone is 1.